The zero-order chi connectivity index (χ0) is 19.0. The third-order valence-electron chi connectivity index (χ3n) is 4.13. The van der Waals surface area contributed by atoms with Gasteiger partial charge in [0.05, 0.1) is 22.3 Å². The van der Waals surface area contributed by atoms with E-state index >= 15 is 0 Å². The van der Waals surface area contributed by atoms with Gasteiger partial charge in [-0.3, -0.25) is 9.78 Å². The maximum atomic E-state index is 11.8. The third kappa shape index (κ3) is 3.24. The Morgan fingerprint density at radius 1 is 1.30 bits per heavy atom. The Balaban J connectivity index is 1.88. The molecule has 3 aromatic heterocycles. The summed E-state index contributed by atoms with van der Waals surface area (Å²) >= 11 is 1.44. The van der Waals surface area contributed by atoms with Crippen LogP contribution in [0.15, 0.2) is 36.7 Å². The molecule has 0 aliphatic heterocycles. The molecule has 0 saturated carbocycles. The van der Waals surface area contributed by atoms with E-state index in [2.05, 4.69) is 25.4 Å². The average molecular weight is 379 g/mol. The fraction of sp³-hybridized carbons (Fsp3) is 0.167. The van der Waals surface area contributed by atoms with Gasteiger partial charge in [0, 0.05) is 25.0 Å². The van der Waals surface area contributed by atoms with Crippen molar-refractivity contribution in [3.8, 4) is 17.1 Å². The lowest BCUT2D eigenvalue weighted by Gasteiger charge is -2.08. The van der Waals surface area contributed by atoms with Crippen LogP contribution in [0.4, 0.5) is 5.13 Å². The van der Waals surface area contributed by atoms with E-state index in [1.807, 2.05) is 31.2 Å². The van der Waals surface area contributed by atoms with Gasteiger partial charge in [-0.2, -0.15) is 5.10 Å². The van der Waals surface area contributed by atoms with Gasteiger partial charge in [-0.1, -0.05) is 11.3 Å². The molecule has 0 unspecified atom stereocenters. The standard InChI is InChI=1S/C18H17N7OS/c1-10-9-21-6-5-13(10)25-17(23-15(24-25)8-16(26)20-2)11-3-4-14-12(7-11)22-18(19)27-14/h3-7,9H,8H2,1-2H3,(H2,19,22)(H,20,26). The van der Waals surface area contributed by atoms with Crippen LogP contribution in [0.5, 0.6) is 0 Å². The minimum atomic E-state index is -0.145. The molecule has 0 bridgehead atoms. The molecule has 4 aromatic rings. The largest absolute Gasteiger partial charge is 0.375 e. The summed E-state index contributed by atoms with van der Waals surface area (Å²) in [5, 5.41) is 7.69. The Morgan fingerprint density at radius 2 is 2.15 bits per heavy atom. The van der Waals surface area contributed by atoms with E-state index in [0.29, 0.717) is 16.8 Å². The number of nitrogens with one attached hydrogen (secondary N) is 1. The number of aryl methyl sites for hydroxylation is 1. The molecule has 1 amide bonds. The number of carbonyl (C=O) groups excluding carboxylic acids is 1. The fourth-order valence-corrected chi connectivity index (χ4v) is 3.52. The number of pyridine rings is 1. The molecule has 27 heavy (non-hydrogen) atoms. The van der Waals surface area contributed by atoms with E-state index in [9.17, 15) is 4.79 Å². The van der Waals surface area contributed by atoms with Crippen LogP contribution in [0, 0.1) is 6.92 Å². The van der Waals surface area contributed by atoms with E-state index in [4.69, 9.17) is 5.73 Å². The summed E-state index contributed by atoms with van der Waals surface area (Å²) in [6.45, 7) is 1.95. The zero-order valence-electron chi connectivity index (χ0n) is 14.8. The third-order valence-corrected chi connectivity index (χ3v) is 5.00. The molecule has 3 N–H and O–H groups in total. The van der Waals surface area contributed by atoms with Gasteiger partial charge >= 0.3 is 0 Å². The molecular weight excluding hydrogens is 362 g/mol. The highest BCUT2D eigenvalue weighted by molar-refractivity contribution is 7.22. The number of benzene rings is 1. The summed E-state index contributed by atoms with van der Waals surface area (Å²) in [5.74, 6) is 0.933. The van der Waals surface area contributed by atoms with Crippen LogP contribution < -0.4 is 11.1 Å². The molecule has 0 atom stereocenters. The first-order chi connectivity index (χ1) is 13.0. The van der Waals surface area contributed by atoms with Crippen molar-refractivity contribution in [1.29, 1.82) is 0 Å². The van der Waals surface area contributed by atoms with Gasteiger partial charge in [0.1, 0.15) is 0 Å². The molecule has 4 rings (SSSR count). The van der Waals surface area contributed by atoms with Gasteiger partial charge < -0.3 is 11.1 Å². The quantitative estimate of drug-likeness (QED) is 0.562. The average Bonchev–Trinajstić information content (AvgIpc) is 3.23. The first-order valence-corrected chi connectivity index (χ1v) is 9.11. The number of hydrogen-bond acceptors (Lipinski definition) is 7. The van der Waals surface area contributed by atoms with Gasteiger partial charge in [-0.15, -0.1) is 0 Å². The maximum absolute atomic E-state index is 11.8. The lowest BCUT2D eigenvalue weighted by atomic mass is 10.2. The van der Waals surface area contributed by atoms with Crippen LogP contribution in [0.25, 0.3) is 27.3 Å². The van der Waals surface area contributed by atoms with Gasteiger partial charge in [0.25, 0.3) is 0 Å². The SMILES string of the molecule is CNC(=O)Cc1nc(-c2ccc3sc(N)nc3c2)n(-c2ccncc2C)n1. The molecule has 0 aliphatic rings. The summed E-state index contributed by atoms with van der Waals surface area (Å²) in [6, 6.07) is 7.73. The number of amides is 1. The number of likely N-dealkylation sites (N-methyl/N-ethyl adjacent to an activating group) is 1. The Morgan fingerprint density at radius 3 is 2.93 bits per heavy atom. The summed E-state index contributed by atoms with van der Waals surface area (Å²) in [7, 11) is 1.59. The van der Waals surface area contributed by atoms with Crippen LogP contribution in [-0.4, -0.2) is 37.7 Å². The Hall–Kier alpha value is -3.33. The van der Waals surface area contributed by atoms with Crippen molar-refractivity contribution in [3.63, 3.8) is 0 Å². The van der Waals surface area contributed by atoms with E-state index in [-0.39, 0.29) is 12.3 Å². The second-order valence-electron chi connectivity index (χ2n) is 6.01. The molecule has 0 fully saturated rings. The lowest BCUT2D eigenvalue weighted by molar-refractivity contribution is -0.120. The number of nitrogens with two attached hydrogens (primary N) is 1. The van der Waals surface area contributed by atoms with E-state index in [1.165, 1.54) is 11.3 Å². The lowest BCUT2D eigenvalue weighted by Crippen LogP contribution is -2.20. The number of thiazole rings is 1. The van der Waals surface area contributed by atoms with E-state index in [1.54, 1.807) is 24.1 Å². The number of carbonyl (C=O) groups is 1. The van der Waals surface area contributed by atoms with Crippen LogP contribution in [0.3, 0.4) is 0 Å². The minimum Gasteiger partial charge on any atom is -0.375 e. The summed E-state index contributed by atoms with van der Waals surface area (Å²) in [6.07, 6.45) is 3.58. The molecule has 0 spiro atoms. The number of nitrogens with zero attached hydrogens (tertiary/aromatic N) is 5. The molecule has 3 heterocycles. The second-order valence-corrected chi connectivity index (χ2v) is 7.07. The number of anilines is 1. The molecule has 136 valence electrons. The minimum absolute atomic E-state index is 0.104. The van der Waals surface area contributed by atoms with Crippen molar-refractivity contribution >= 4 is 32.6 Å². The summed E-state index contributed by atoms with van der Waals surface area (Å²) in [4.78, 5) is 24.9. The Kier molecular flexibility index (Phi) is 4.28. The smallest absolute Gasteiger partial charge is 0.227 e. The maximum Gasteiger partial charge on any atom is 0.227 e. The van der Waals surface area contributed by atoms with Gasteiger partial charge in [-0.25, -0.2) is 14.6 Å². The van der Waals surface area contributed by atoms with Crippen LogP contribution >= 0.6 is 11.3 Å². The first kappa shape index (κ1) is 17.1. The van der Waals surface area contributed by atoms with Crippen molar-refractivity contribution in [1.82, 2.24) is 30.0 Å². The molecule has 1 aromatic carbocycles. The zero-order valence-corrected chi connectivity index (χ0v) is 15.6. The van der Waals surface area contributed by atoms with Crippen molar-refractivity contribution < 1.29 is 4.79 Å². The number of fused-ring (bicyclic) bond motifs is 1. The van der Waals surface area contributed by atoms with Crippen molar-refractivity contribution in [2.45, 2.75) is 13.3 Å². The molecule has 9 heteroatoms. The second kappa shape index (κ2) is 6.76. The monoisotopic (exact) mass is 379 g/mol. The number of aromatic nitrogens is 5. The normalized spacial score (nSPS) is 11.0. The van der Waals surface area contributed by atoms with Gasteiger partial charge in [0.2, 0.25) is 5.91 Å². The van der Waals surface area contributed by atoms with E-state index in [0.717, 1.165) is 27.0 Å². The number of hydrogen-bond donors (Lipinski definition) is 2. The number of nitrogen functional groups attached to an aromatic ring is 1. The topological polar surface area (TPSA) is 112 Å². The molecule has 0 aliphatic carbocycles. The summed E-state index contributed by atoms with van der Waals surface area (Å²) in [5.41, 5.74) is 9.28. The fourth-order valence-electron chi connectivity index (χ4n) is 2.80. The molecule has 0 radical (unpaired) electrons. The first-order valence-electron chi connectivity index (χ1n) is 8.29. The predicted molar refractivity (Wildman–Crippen MR) is 105 cm³/mol. The van der Waals surface area contributed by atoms with Crippen LogP contribution in [0.2, 0.25) is 0 Å². The predicted octanol–water partition coefficient (Wildman–Crippen LogP) is 2.12. The van der Waals surface area contributed by atoms with Crippen LogP contribution in [0.1, 0.15) is 11.4 Å². The molecular formula is C18H17N7OS. The van der Waals surface area contributed by atoms with E-state index < -0.39 is 0 Å². The highest BCUT2D eigenvalue weighted by Crippen LogP contribution is 2.29. The van der Waals surface area contributed by atoms with Crippen molar-refractivity contribution in [3.05, 3.63) is 48.0 Å². The molecule has 0 saturated heterocycles. The highest BCUT2D eigenvalue weighted by Gasteiger charge is 2.17. The van der Waals surface area contributed by atoms with Gasteiger partial charge in [0.15, 0.2) is 16.8 Å². The van der Waals surface area contributed by atoms with Gasteiger partial charge in [-0.05, 0) is 36.8 Å². The summed E-state index contributed by atoms with van der Waals surface area (Å²) < 4.78 is 2.75. The van der Waals surface area contributed by atoms with Crippen molar-refractivity contribution in [2.24, 2.45) is 0 Å². The highest BCUT2D eigenvalue weighted by atomic mass is 32.1. The molecule has 8 nitrogen and oxygen atoms in total. The Bertz CT molecular complexity index is 1150. The van der Waals surface area contributed by atoms with Crippen LogP contribution in [-0.2, 0) is 11.2 Å². The number of rotatable bonds is 4. The Labute approximate surface area is 159 Å². The van der Waals surface area contributed by atoms with Crippen molar-refractivity contribution in [2.75, 3.05) is 12.8 Å².